The molecule has 1 aliphatic rings. The van der Waals surface area contributed by atoms with Crippen molar-refractivity contribution in [1.29, 1.82) is 5.41 Å². The number of aliphatic imine (C=N–C) groups is 1. The Hall–Kier alpha value is -2.98. The molecule has 1 aromatic rings. The highest BCUT2D eigenvalue weighted by Crippen LogP contribution is 2.49. The van der Waals surface area contributed by atoms with E-state index in [1.165, 1.54) is 0 Å². The lowest BCUT2D eigenvalue weighted by molar-refractivity contribution is -0.253. The van der Waals surface area contributed by atoms with Crippen LogP contribution < -0.4 is 10.6 Å². The maximum atomic E-state index is 13.5. The van der Waals surface area contributed by atoms with Crippen LogP contribution in [-0.2, 0) is 4.79 Å². The number of carbonyl (C=O) groups excluding carboxylic acids is 2. The molecule has 1 unspecified atom stereocenters. The number of rotatable bonds is 7. The number of alkyl halides is 11. The quantitative estimate of drug-likeness (QED) is 0.293. The summed E-state index contributed by atoms with van der Waals surface area (Å²) in [7, 11) is 0.458. The number of benzene rings is 1. The lowest BCUT2D eigenvalue weighted by Crippen LogP contribution is -2.54. The summed E-state index contributed by atoms with van der Waals surface area (Å²) in [6, 6.07) is 2.33. The minimum atomic E-state index is -6.60. The number of amides is 2. The molecule has 3 N–H and O–H groups in total. The summed E-state index contributed by atoms with van der Waals surface area (Å²) in [4.78, 5) is 27.6. The first kappa shape index (κ1) is 30.2. The molecule has 0 bridgehead atoms. The van der Waals surface area contributed by atoms with Crippen LogP contribution in [0.2, 0.25) is 5.02 Å². The number of halogens is 12. The minimum Gasteiger partial charge on any atom is -0.338 e. The van der Waals surface area contributed by atoms with Gasteiger partial charge in [0, 0.05) is 12.7 Å². The monoisotopic (exact) mass is 574 g/mol. The van der Waals surface area contributed by atoms with Gasteiger partial charge in [0.2, 0.25) is 0 Å². The van der Waals surface area contributed by atoms with Crippen molar-refractivity contribution in [3.8, 4) is 0 Å². The molecule has 2 amide bonds. The Morgan fingerprint density at radius 3 is 1.97 bits per heavy atom. The second-order valence-corrected chi connectivity index (χ2v) is 8.16. The van der Waals surface area contributed by atoms with E-state index < -0.39 is 88.3 Å². The van der Waals surface area contributed by atoms with Crippen molar-refractivity contribution in [2.24, 2.45) is 10.9 Å². The fourth-order valence-electron chi connectivity index (χ4n) is 3.01. The van der Waals surface area contributed by atoms with Crippen LogP contribution in [0.4, 0.5) is 54.0 Å². The normalized spacial score (nSPS) is 17.2. The highest BCUT2D eigenvalue weighted by atomic mass is 35.5. The van der Waals surface area contributed by atoms with Gasteiger partial charge >= 0.3 is 24.5 Å². The summed E-state index contributed by atoms with van der Waals surface area (Å²) in [6.07, 6.45) is -18.3. The fraction of sp³-hybridized carbons (Fsp3) is 0.474. The zero-order valence-corrected chi connectivity index (χ0v) is 18.8. The molecule has 1 aromatic carbocycles. The summed E-state index contributed by atoms with van der Waals surface area (Å²) in [6.45, 7) is 0. The number of nitrogens with zero attached hydrogens (tertiary/aromatic N) is 1. The number of hydrogen-bond acceptors (Lipinski definition) is 4. The van der Waals surface area contributed by atoms with Gasteiger partial charge in [-0.25, -0.2) is 0 Å². The van der Waals surface area contributed by atoms with Crippen molar-refractivity contribution in [2.75, 3.05) is 12.4 Å². The van der Waals surface area contributed by atoms with Crippen LogP contribution in [0.1, 0.15) is 23.2 Å². The standard InChI is InChI=1S/C19H14ClF11N4O2/c1-33-11(10(17(23,24)25)12(32)16(21,22)19(29,30)31)14(37)34-7-2-3-9(20)8(6-7)13(36)35-15(4-5-15)18(26,27)28/h2-3,6,10,32H,4-5H2,1H3,(H,34,37)(H,35,36). The zero-order valence-electron chi connectivity index (χ0n) is 18.0. The Labute approximate surface area is 204 Å². The van der Waals surface area contributed by atoms with Crippen LogP contribution in [0, 0.1) is 11.3 Å². The maximum Gasteiger partial charge on any atom is 0.459 e. The van der Waals surface area contributed by atoms with Crippen LogP contribution >= 0.6 is 11.6 Å². The summed E-state index contributed by atoms with van der Waals surface area (Å²) in [5.41, 5.74) is -8.99. The third-order valence-electron chi connectivity index (χ3n) is 5.17. The Balaban J connectivity index is 2.37. The van der Waals surface area contributed by atoms with Crippen LogP contribution in [-0.4, -0.2) is 60.3 Å². The van der Waals surface area contributed by atoms with Gasteiger partial charge in [0.1, 0.15) is 22.9 Å². The van der Waals surface area contributed by atoms with Crippen LogP contribution in [0.5, 0.6) is 0 Å². The molecule has 1 saturated carbocycles. The third kappa shape index (κ3) is 6.13. The van der Waals surface area contributed by atoms with Gasteiger partial charge in [-0.05, 0) is 31.0 Å². The van der Waals surface area contributed by atoms with Crippen molar-refractivity contribution in [1.82, 2.24) is 5.32 Å². The summed E-state index contributed by atoms with van der Waals surface area (Å²) >= 11 is 5.78. The van der Waals surface area contributed by atoms with E-state index in [0.29, 0.717) is 13.1 Å². The van der Waals surface area contributed by atoms with Crippen molar-refractivity contribution >= 4 is 40.5 Å². The summed E-state index contributed by atoms with van der Waals surface area (Å²) in [5, 5.41) is 9.84. The van der Waals surface area contributed by atoms with Gasteiger partial charge in [0.05, 0.1) is 10.6 Å². The van der Waals surface area contributed by atoms with Crippen LogP contribution in [0.15, 0.2) is 23.2 Å². The Bertz CT molecular complexity index is 1120. The van der Waals surface area contributed by atoms with Gasteiger partial charge in [-0.3, -0.25) is 14.6 Å². The topological polar surface area (TPSA) is 94.4 Å². The molecule has 0 heterocycles. The molecule has 0 saturated heterocycles. The van der Waals surface area contributed by atoms with Gasteiger partial charge in [-0.15, -0.1) is 0 Å². The lowest BCUT2D eigenvalue weighted by Gasteiger charge is -2.28. The predicted molar refractivity (Wildman–Crippen MR) is 107 cm³/mol. The molecule has 1 aliphatic carbocycles. The highest BCUT2D eigenvalue weighted by Gasteiger charge is 2.67. The van der Waals surface area contributed by atoms with Crippen LogP contribution in [0.3, 0.4) is 0 Å². The Morgan fingerprint density at radius 1 is 1.03 bits per heavy atom. The molecule has 18 heteroatoms. The minimum absolute atomic E-state index is 0.444. The average molecular weight is 575 g/mol. The molecule has 0 aromatic heterocycles. The Morgan fingerprint density at radius 2 is 1.57 bits per heavy atom. The second kappa shape index (κ2) is 9.72. The van der Waals surface area contributed by atoms with Gasteiger partial charge in [-0.2, -0.15) is 48.3 Å². The third-order valence-corrected chi connectivity index (χ3v) is 5.50. The van der Waals surface area contributed by atoms with E-state index >= 15 is 0 Å². The van der Waals surface area contributed by atoms with Crippen molar-refractivity contribution in [3.63, 3.8) is 0 Å². The summed E-state index contributed by atoms with van der Waals surface area (Å²) in [5.74, 6) is -13.7. The van der Waals surface area contributed by atoms with Crippen molar-refractivity contribution in [2.45, 2.75) is 42.8 Å². The SMILES string of the molecule is CN=C(C(=O)Nc1ccc(Cl)c(C(=O)NC2(C(F)(F)F)CC2)c1)C(C(=N)C(F)(F)C(F)(F)F)C(F)(F)F. The van der Waals surface area contributed by atoms with E-state index in [-0.39, 0.29) is 0 Å². The number of hydrogen-bond donors (Lipinski definition) is 3. The molecule has 37 heavy (non-hydrogen) atoms. The second-order valence-electron chi connectivity index (χ2n) is 7.75. The molecule has 0 aliphatic heterocycles. The van der Waals surface area contributed by atoms with Crippen molar-refractivity contribution in [3.05, 3.63) is 28.8 Å². The molecule has 1 atom stereocenters. The Kier molecular flexibility index (Phi) is 7.94. The van der Waals surface area contributed by atoms with Crippen LogP contribution in [0.25, 0.3) is 0 Å². The first-order valence-corrected chi connectivity index (χ1v) is 10.0. The molecular weight excluding hydrogens is 561 g/mol. The van der Waals surface area contributed by atoms with Gasteiger partial charge < -0.3 is 16.0 Å². The number of carbonyl (C=O) groups is 2. The molecule has 0 radical (unpaired) electrons. The molecule has 6 nitrogen and oxygen atoms in total. The predicted octanol–water partition coefficient (Wildman–Crippen LogP) is 5.57. The number of nitrogens with one attached hydrogen (secondary N) is 3. The van der Waals surface area contributed by atoms with E-state index in [4.69, 9.17) is 17.0 Å². The molecule has 206 valence electrons. The molecule has 0 spiro atoms. The maximum absolute atomic E-state index is 13.5. The lowest BCUT2D eigenvalue weighted by atomic mass is 9.91. The van der Waals surface area contributed by atoms with E-state index in [1.54, 1.807) is 10.6 Å². The number of anilines is 1. The zero-order chi connectivity index (χ0) is 28.8. The summed E-state index contributed by atoms with van der Waals surface area (Å²) < 4.78 is 144. The fourth-order valence-corrected chi connectivity index (χ4v) is 3.22. The highest BCUT2D eigenvalue weighted by molar-refractivity contribution is 6.47. The molecule has 1 fully saturated rings. The largest absolute Gasteiger partial charge is 0.459 e. The first-order valence-electron chi connectivity index (χ1n) is 9.66. The van der Waals surface area contributed by atoms with Gasteiger partial charge in [0.25, 0.3) is 11.8 Å². The first-order chi connectivity index (χ1) is 16.6. The van der Waals surface area contributed by atoms with E-state index in [1.807, 2.05) is 0 Å². The average Bonchev–Trinajstić information content (AvgIpc) is 3.51. The van der Waals surface area contributed by atoms with E-state index in [2.05, 4.69) is 4.99 Å². The van der Waals surface area contributed by atoms with Gasteiger partial charge in [0.15, 0.2) is 0 Å². The molecule has 2 rings (SSSR count). The molecular formula is C19H14ClF11N4O2. The van der Waals surface area contributed by atoms with Gasteiger partial charge in [-0.1, -0.05) is 11.6 Å². The smallest absolute Gasteiger partial charge is 0.338 e. The van der Waals surface area contributed by atoms with E-state index in [0.717, 1.165) is 12.1 Å². The van der Waals surface area contributed by atoms with E-state index in [9.17, 15) is 57.9 Å². The van der Waals surface area contributed by atoms with Crippen molar-refractivity contribution < 1.29 is 57.9 Å².